The minimum Gasteiger partial charge on any atom is -0.508 e. The lowest BCUT2D eigenvalue weighted by molar-refractivity contribution is 0.415. The summed E-state index contributed by atoms with van der Waals surface area (Å²) in [6, 6.07) is 51.8. The third kappa shape index (κ3) is 6.61. The maximum atomic E-state index is 10.6. The fourth-order valence-electron chi connectivity index (χ4n) is 9.24. The first-order chi connectivity index (χ1) is 35.3. The second kappa shape index (κ2) is 16.0. The van der Waals surface area contributed by atoms with Crippen molar-refractivity contribution in [3.8, 4) is 56.0 Å². The van der Waals surface area contributed by atoms with Gasteiger partial charge in [0.1, 0.15) is 11.5 Å². The number of phenolic OH excluding ortho intramolecular Hbond substituents is 1. The van der Waals surface area contributed by atoms with Gasteiger partial charge in [-0.15, -0.1) is 0 Å². The third-order valence-electron chi connectivity index (χ3n) is 11.8. The third-order valence-corrected chi connectivity index (χ3v) is 11.8. The highest BCUT2D eigenvalue weighted by Crippen LogP contribution is 2.48. The lowest BCUT2D eigenvalue weighted by Gasteiger charge is -2.19. The number of phenols is 1. The van der Waals surface area contributed by atoms with Gasteiger partial charge in [0.25, 0.3) is 0 Å². The number of methoxy groups -OCH3 is 1. The van der Waals surface area contributed by atoms with Crippen molar-refractivity contribution in [1.29, 1.82) is 0 Å². The molecule has 0 unspecified atom stereocenters. The molecule has 0 radical (unpaired) electrons. The smallest absolute Gasteiger partial charge is 0.120 e. The first-order valence-electron chi connectivity index (χ1n) is 25.6. The molecule has 12 aromatic carbocycles. The molecule has 0 heterocycles. The van der Waals surface area contributed by atoms with Gasteiger partial charge in [0.05, 0.1) is 20.8 Å². The minimum absolute atomic E-state index is 0.159. The van der Waals surface area contributed by atoms with E-state index in [4.69, 9.17) is 18.4 Å². The molecule has 298 valence electrons. The zero-order valence-electron chi connectivity index (χ0n) is 44.0. The number of hydrogen-bond acceptors (Lipinski definition) is 2. The molecular weight excluding hydrogens is 765 g/mol. The van der Waals surface area contributed by atoms with Crippen LogP contribution in [-0.2, 0) is 0 Å². The summed E-state index contributed by atoms with van der Waals surface area (Å²) in [4.78, 5) is 0. The van der Waals surface area contributed by atoms with Gasteiger partial charge in [-0.05, 0) is 133 Å². The van der Waals surface area contributed by atoms with Crippen LogP contribution >= 0.6 is 0 Å². The number of aromatic hydroxyl groups is 1. The van der Waals surface area contributed by atoms with Gasteiger partial charge in [-0.2, -0.15) is 0 Å². The summed E-state index contributed by atoms with van der Waals surface area (Å²) in [5.41, 5.74) is 5.44. The Morgan fingerprint density at radius 1 is 0.349 bits per heavy atom. The predicted molar refractivity (Wildman–Crippen MR) is 268 cm³/mol. The average Bonchev–Trinajstić information content (AvgIpc) is 3.42. The van der Waals surface area contributed by atoms with E-state index in [0.29, 0.717) is 11.1 Å². The fraction of sp³-hybridized carbons (Fsp3) is 0.0164. The summed E-state index contributed by atoms with van der Waals surface area (Å²) in [5, 5.41) is 21.4. The van der Waals surface area contributed by atoms with Crippen molar-refractivity contribution in [2.24, 2.45) is 0 Å². The second-order valence-electron chi connectivity index (χ2n) is 15.3. The summed E-state index contributed by atoms with van der Waals surface area (Å²) in [7, 11) is 1.66. The number of fused-ring (bicyclic) bond motifs is 6. The Morgan fingerprint density at radius 3 is 1.05 bits per heavy atom. The maximum Gasteiger partial charge on any atom is 0.120 e. The summed E-state index contributed by atoms with van der Waals surface area (Å²) < 4.78 is 89.7. The molecule has 0 spiro atoms. The molecule has 2 heteroatoms. The second-order valence-corrected chi connectivity index (χ2v) is 15.3. The molecule has 0 saturated carbocycles. The zero-order chi connectivity index (χ0) is 51.0. The van der Waals surface area contributed by atoms with E-state index in [0.717, 1.165) is 92.6 Å². The summed E-state index contributed by atoms with van der Waals surface area (Å²) >= 11 is 0. The van der Waals surface area contributed by atoms with Crippen LogP contribution in [-0.4, -0.2) is 12.2 Å². The van der Waals surface area contributed by atoms with Gasteiger partial charge in [0.2, 0.25) is 0 Å². The molecule has 0 fully saturated rings. The minimum atomic E-state index is -0.412. The van der Waals surface area contributed by atoms with Gasteiger partial charge in [-0.3, -0.25) is 0 Å². The van der Waals surface area contributed by atoms with E-state index in [9.17, 15) is 5.11 Å². The Labute approximate surface area is 380 Å². The monoisotopic (exact) mass is 816 g/mol. The lowest BCUT2D eigenvalue weighted by Crippen LogP contribution is -1.92. The van der Waals surface area contributed by atoms with E-state index in [-0.39, 0.29) is 65.2 Å². The Morgan fingerprint density at radius 2 is 0.667 bits per heavy atom. The van der Waals surface area contributed by atoms with Crippen molar-refractivity contribution >= 4 is 64.6 Å². The van der Waals surface area contributed by atoms with Crippen LogP contribution in [0.3, 0.4) is 0 Å². The first-order valence-corrected chi connectivity index (χ1v) is 20.6. The van der Waals surface area contributed by atoms with Gasteiger partial charge in [0.15, 0.2) is 0 Å². The van der Waals surface area contributed by atoms with Crippen molar-refractivity contribution in [2.45, 2.75) is 0 Å². The summed E-state index contributed by atoms with van der Waals surface area (Å²) in [6.45, 7) is 0. The average molecular weight is 817 g/mol. The Kier molecular flexibility index (Phi) is 7.20. The molecule has 0 aliphatic carbocycles. The van der Waals surface area contributed by atoms with Gasteiger partial charge >= 0.3 is 0 Å². The van der Waals surface area contributed by atoms with Gasteiger partial charge in [0, 0.05) is 0 Å². The van der Waals surface area contributed by atoms with Gasteiger partial charge in [-0.25, -0.2) is 0 Å². The van der Waals surface area contributed by atoms with Crippen LogP contribution in [0.4, 0.5) is 0 Å². The van der Waals surface area contributed by atoms with Crippen LogP contribution in [0, 0.1) is 0 Å². The molecule has 0 atom stereocenters. The standard InChI is InChI=1S/C31H22O.C30H20O/c1-32-23-19-22-13-5-6-14-24(22)29(20-23)31-27-17-9-7-15-25(27)30(21-11-3-2-4-12-21)26-16-8-10-18-28(26)31;31-22-18-21-12-4-5-13-23(21)28(19-22)30-26-16-8-6-14-24(26)29(20-10-2-1-3-11-20)25-15-7-9-17-27(25)30/h2-20H,1H3;1-19,31H/i2D,3D,4D,11D,12D;1D,2D,3D,10D,11D. The van der Waals surface area contributed by atoms with Gasteiger partial charge < -0.3 is 9.84 Å². The summed E-state index contributed by atoms with van der Waals surface area (Å²) in [5.74, 6) is 0.906. The molecular formula is C61H42O2. The Hall–Kier alpha value is -8.20. The quantitative estimate of drug-likeness (QED) is 0.175. The molecule has 0 aliphatic heterocycles. The van der Waals surface area contributed by atoms with Gasteiger partial charge in [-0.1, -0.05) is 206 Å². The lowest BCUT2D eigenvalue weighted by atomic mass is 9.84. The molecule has 2 nitrogen and oxygen atoms in total. The fourth-order valence-corrected chi connectivity index (χ4v) is 9.24. The van der Waals surface area contributed by atoms with Crippen molar-refractivity contribution < 1.29 is 23.6 Å². The molecule has 63 heavy (non-hydrogen) atoms. The number of ether oxygens (including phenoxy) is 1. The maximum absolute atomic E-state index is 10.6. The highest BCUT2D eigenvalue weighted by Gasteiger charge is 2.20. The number of hydrogen-bond donors (Lipinski definition) is 1. The van der Waals surface area contributed by atoms with E-state index >= 15 is 0 Å². The molecule has 0 amide bonds. The van der Waals surface area contributed by atoms with Crippen LogP contribution < -0.4 is 4.74 Å². The molecule has 1 N–H and O–H groups in total. The van der Waals surface area contributed by atoms with E-state index in [2.05, 4.69) is 12.1 Å². The first kappa shape index (κ1) is 28.3. The van der Waals surface area contributed by atoms with Crippen LogP contribution in [0.15, 0.2) is 230 Å². The van der Waals surface area contributed by atoms with E-state index in [1.807, 2.05) is 146 Å². The highest BCUT2D eigenvalue weighted by atomic mass is 16.5. The molecule has 12 rings (SSSR count). The Balaban J connectivity index is 0.000000157. The van der Waals surface area contributed by atoms with E-state index < -0.39 is 12.1 Å². The molecule has 0 saturated heterocycles. The number of rotatable bonds is 5. The SMILES string of the molecule is [2H]c1c([2H])c([2H])c(-c2c3ccccc3c(-c3cc(O)cc4ccccc34)c3ccccc23)c([2H])c1[2H].[2H]c1c([2H])c([2H])c(-c2c3ccccc3c(-c3cc(OC)cc4ccccc34)c3ccccc23)c([2H])c1[2H]. The van der Waals surface area contributed by atoms with E-state index in [1.54, 1.807) is 19.2 Å². The Bertz CT molecular complexity index is 4110. The normalized spacial score (nSPS) is 13.5. The molecule has 0 bridgehead atoms. The number of benzene rings is 12. The topological polar surface area (TPSA) is 29.5 Å². The van der Waals surface area contributed by atoms with Crippen LogP contribution in [0.1, 0.15) is 13.7 Å². The highest BCUT2D eigenvalue weighted by molar-refractivity contribution is 6.25. The van der Waals surface area contributed by atoms with Crippen LogP contribution in [0.2, 0.25) is 0 Å². The zero-order valence-corrected chi connectivity index (χ0v) is 34.0. The molecule has 0 aromatic heterocycles. The van der Waals surface area contributed by atoms with E-state index in [1.165, 1.54) is 0 Å². The van der Waals surface area contributed by atoms with Crippen molar-refractivity contribution in [3.63, 3.8) is 0 Å². The largest absolute Gasteiger partial charge is 0.508 e. The predicted octanol–water partition coefficient (Wildman–Crippen LogP) is 16.7. The van der Waals surface area contributed by atoms with Crippen molar-refractivity contribution in [1.82, 2.24) is 0 Å². The molecule has 12 aromatic rings. The van der Waals surface area contributed by atoms with Crippen molar-refractivity contribution in [2.75, 3.05) is 7.11 Å². The van der Waals surface area contributed by atoms with Crippen LogP contribution in [0.5, 0.6) is 11.5 Å². The van der Waals surface area contributed by atoms with Crippen molar-refractivity contribution in [3.05, 3.63) is 230 Å². The van der Waals surface area contributed by atoms with Crippen LogP contribution in [0.25, 0.3) is 109 Å². The molecule has 0 aliphatic rings. The summed E-state index contributed by atoms with van der Waals surface area (Å²) in [6.07, 6.45) is 0.